The summed E-state index contributed by atoms with van der Waals surface area (Å²) >= 11 is 0. The molecule has 1 aromatic heterocycles. The van der Waals surface area contributed by atoms with E-state index >= 15 is 0 Å². The predicted octanol–water partition coefficient (Wildman–Crippen LogP) is 1.26. The summed E-state index contributed by atoms with van der Waals surface area (Å²) < 4.78 is 2.51. The fraction of sp³-hybridized carbons (Fsp3) is 0.286. The molecule has 0 bridgehead atoms. The summed E-state index contributed by atoms with van der Waals surface area (Å²) in [6.45, 7) is 1.98. The van der Waals surface area contributed by atoms with Gasteiger partial charge in [-0.3, -0.25) is 13.9 Å². The lowest BCUT2D eigenvalue weighted by Gasteiger charge is -2.18. The zero-order valence-electron chi connectivity index (χ0n) is 11.3. The van der Waals surface area contributed by atoms with E-state index in [0.717, 1.165) is 10.1 Å². The molecule has 0 saturated heterocycles. The van der Waals surface area contributed by atoms with Crippen LogP contribution in [0.3, 0.4) is 0 Å². The molecule has 1 aromatic carbocycles. The molecule has 0 amide bonds. The van der Waals surface area contributed by atoms with E-state index in [9.17, 15) is 9.59 Å². The van der Waals surface area contributed by atoms with Gasteiger partial charge in [0.05, 0.1) is 0 Å². The molecule has 0 aliphatic carbocycles. The maximum Gasteiger partial charge on any atom is 0.332 e. The maximum absolute atomic E-state index is 11.8. The lowest BCUT2D eigenvalue weighted by atomic mass is 10.1. The van der Waals surface area contributed by atoms with Crippen molar-refractivity contribution in [3.05, 3.63) is 62.8 Å². The first-order chi connectivity index (χ1) is 9.00. The molecule has 0 aliphatic rings. The number of hydrogen-bond acceptors (Lipinski definition) is 3. The van der Waals surface area contributed by atoms with Crippen LogP contribution >= 0.6 is 0 Å². The lowest BCUT2D eigenvalue weighted by Crippen LogP contribution is -2.37. The fourth-order valence-corrected chi connectivity index (χ4v) is 1.92. The van der Waals surface area contributed by atoms with E-state index in [0.29, 0.717) is 5.82 Å². The molecule has 5 heteroatoms. The monoisotopic (exact) mass is 259 g/mol. The number of hydrogen-bond donors (Lipinski definition) is 1. The van der Waals surface area contributed by atoms with Crippen molar-refractivity contribution in [2.75, 3.05) is 5.32 Å². The SMILES string of the molecule is C[C@@H](Nc1cc(=O)n(C)c(=O)n1C)c1ccccc1. The molecule has 0 unspecified atom stereocenters. The van der Waals surface area contributed by atoms with Crippen molar-refractivity contribution >= 4 is 5.82 Å². The number of nitrogens with zero attached hydrogens (tertiary/aromatic N) is 2. The smallest absolute Gasteiger partial charge is 0.332 e. The van der Waals surface area contributed by atoms with E-state index in [-0.39, 0.29) is 17.3 Å². The van der Waals surface area contributed by atoms with Gasteiger partial charge in [-0.05, 0) is 12.5 Å². The van der Waals surface area contributed by atoms with Crippen LogP contribution in [-0.2, 0) is 14.1 Å². The molecule has 0 fully saturated rings. The molecule has 100 valence electrons. The van der Waals surface area contributed by atoms with Crippen molar-refractivity contribution < 1.29 is 0 Å². The van der Waals surface area contributed by atoms with Crippen LogP contribution in [0.25, 0.3) is 0 Å². The van der Waals surface area contributed by atoms with Gasteiger partial charge in [-0.1, -0.05) is 30.3 Å². The Balaban J connectivity index is 2.35. The number of rotatable bonds is 3. The minimum atomic E-state index is -0.338. The summed E-state index contributed by atoms with van der Waals surface area (Å²) in [6, 6.07) is 11.3. The largest absolute Gasteiger partial charge is 0.365 e. The van der Waals surface area contributed by atoms with Crippen molar-refractivity contribution in [3.8, 4) is 0 Å². The second-order valence-electron chi connectivity index (χ2n) is 4.55. The highest BCUT2D eigenvalue weighted by atomic mass is 16.2. The van der Waals surface area contributed by atoms with Crippen molar-refractivity contribution in [2.45, 2.75) is 13.0 Å². The van der Waals surface area contributed by atoms with Gasteiger partial charge in [0, 0.05) is 26.2 Å². The predicted molar refractivity (Wildman–Crippen MR) is 75.4 cm³/mol. The third kappa shape index (κ3) is 2.59. The molecular weight excluding hydrogens is 242 g/mol. The first-order valence-corrected chi connectivity index (χ1v) is 6.09. The van der Waals surface area contributed by atoms with Crippen molar-refractivity contribution in [1.82, 2.24) is 9.13 Å². The van der Waals surface area contributed by atoms with Gasteiger partial charge in [-0.25, -0.2) is 4.79 Å². The Morgan fingerprint density at radius 3 is 2.32 bits per heavy atom. The summed E-state index contributed by atoms with van der Waals surface area (Å²) in [4.78, 5) is 23.5. The van der Waals surface area contributed by atoms with Crippen molar-refractivity contribution in [1.29, 1.82) is 0 Å². The van der Waals surface area contributed by atoms with Crippen molar-refractivity contribution in [3.63, 3.8) is 0 Å². The Morgan fingerprint density at radius 1 is 1.05 bits per heavy atom. The van der Waals surface area contributed by atoms with Gasteiger partial charge in [-0.15, -0.1) is 0 Å². The van der Waals surface area contributed by atoms with Crippen LogP contribution in [0.1, 0.15) is 18.5 Å². The minimum Gasteiger partial charge on any atom is -0.365 e. The molecule has 0 saturated carbocycles. The third-order valence-electron chi connectivity index (χ3n) is 3.19. The maximum atomic E-state index is 11.8. The van der Waals surface area contributed by atoms with Crippen LogP contribution in [0.5, 0.6) is 0 Å². The van der Waals surface area contributed by atoms with E-state index in [1.165, 1.54) is 17.7 Å². The molecule has 1 atom stereocenters. The fourth-order valence-electron chi connectivity index (χ4n) is 1.92. The second kappa shape index (κ2) is 5.14. The summed E-state index contributed by atoms with van der Waals surface area (Å²) in [6.07, 6.45) is 0. The van der Waals surface area contributed by atoms with E-state index < -0.39 is 0 Å². The topological polar surface area (TPSA) is 56.0 Å². The quantitative estimate of drug-likeness (QED) is 0.902. The standard InChI is InChI=1S/C14H17N3O2/c1-10(11-7-5-4-6-8-11)15-12-9-13(18)17(3)14(19)16(12)2/h4-10,15H,1-3H3/t10-/m1/s1. The summed E-state index contributed by atoms with van der Waals surface area (Å²) in [5.74, 6) is 0.518. The van der Waals surface area contributed by atoms with Gasteiger partial charge >= 0.3 is 5.69 Å². The average molecular weight is 259 g/mol. The third-order valence-corrected chi connectivity index (χ3v) is 3.19. The van der Waals surface area contributed by atoms with E-state index in [1.807, 2.05) is 37.3 Å². The molecule has 2 rings (SSSR count). The highest BCUT2D eigenvalue weighted by Gasteiger charge is 2.09. The van der Waals surface area contributed by atoms with Crippen LogP contribution in [0, 0.1) is 0 Å². The molecule has 2 aromatic rings. The Kier molecular flexibility index (Phi) is 3.55. The van der Waals surface area contributed by atoms with Crippen LogP contribution < -0.4 is 16.6 Å². The molecule has 19 heavy (non-hydrogen) atoms. The van der Waals surface area contributed by atoms with E-state index in [2.05, 4.69) is 5.32 Å². The molecular formula is C14H17N3O2. The van der Waals surface area contributed by atoms with Gasteiger partial charge in [0.15, 0.2) is 0 Å². The zero-order valence-corrected chi connectivity index (χ0v) is 11.3. The lowest BCUT2D eigenvalue weighted by molar-refractivity contribution is 0.682. The molecule has 0 aliphatic heterocycles. The Labute approximate surface area is 111 Å². The highest BCUT2D eigenvalue weighted by molar-refractivity contribution is 5.38. The van der Waals surface area contributed by atoms with Gasteiger partial charge in [0.2, 0.25) is 0 Å². The van der Waals surface area contributed by atoms with E-state index in [1.54, 1.807) is 7.05 Å². The first kappa shape index (κ1) is 13.1. The Hall–Kier alpha value is -2.30. The summed E-state index contributed by atoms with van der Waals surface area (Å²) in [5, 5.41) is 3.18. The average Bonchev–Trinajstić information content (AvgIpc) is 2.43. The molecule has 1 N–H and O–H groups in total. The molecule has 1 heterocycles. The molecule has 5 nitrogen and oxygen atoms in total. The number of anilines is 1. The normalized spacial score (nSPS) is 12.2. The first-order valence-electron chi connectivity index (χ1n) is 6.09. The number of aromatic nitrogens is 2. The molecule has 0 spiro atoms. The van der Waals surface area contributed by atoms with Crippen LogP contribution in [0.2, 0.25) is 0 Å². The summed E-state index contributed by atoms with van der Waals surface area (Å²) in [5.41, 5.74) is 0.441. The van der Waals surface area contributed by atoms with Gasteiger partial charge < -0.3 is 5.32 Å². The summed E-state index contributed by atoms with van der Waals surface area (Å²) in [7, 11) is 3.11. The highest BCUT2D eigenvalue weighted by Crippen LogP contribution is 2.16. The van der Waals surface area contributed by atoms with Gasteiger partial charge in [-0.2, -0.15) is 0 Å². The molecule has 0 radical (unpaired) electrons. The number of nitrogens with one attached hydrogen (secondary N) is 1. The van der Waals surface area contributed by atoms with Gasteiger partial charge in [0.25, 0.3) is 5.56 Å². The minimum absolute atomic E-state index is 0.0129. The van der Waals surface area contributed by atoms with Gasteiger partial charge in [0.1, 0.15) is 5.82 Å². The Morgan fingerprint density at radius 2 is 1.68 bits per heavy atom. The zero-order chi connectivity index (χ0) is 14.0. The van der Waals surface area contributed by atoms with Crippen molar-refractivity contribution in [2.24, 2.45) is 14.1 Å². The second-order valence-corrected chi connectivity index (χ2v) is 4.55. The van der Waals surface area contributed by atoms with Crippen LogP contribution in [-0.4, -0.2) is 9.13 Å². The van der Waals surface area contributed by atoms with Crippen LogP contribution in [0.15, 0.2) is 46.0 Å². The van der Waals surface area contributed by atoms with Crippen LogP contribution in [0.4, 0.5) is 5.82 Å². The number of benzene rings is 1. The Bertz CT molecular complexity index is 686. The van der Waals surface area contributed by atoms with E-state index in [4.69, 9.17) is 0 Å².